The number of nitrogens with one attached hydrogen (secondary N) is 2. The number of anilines is 2. The van der Waals surface area contributed by atoms with Crippen molar-refractivity contribution in [2.45, 2.75) is 26.7 Å². The molecular formula is C19H18Cl2N2O2. The van der Waals surface area contributed by atoms with Crippen LogP contribution in [0.1, 0.15) is 24.0 Å². The molecule has 0 saturated heterocycles. The van der Waals surface area contributed by atoms with E-state index < -0.39 is 5.41 Å². The van der Waals surface area contributed by atoms with E-state index in [1.807, 2.05) is 19.9 Å². The molecule has 0 spiro atoms. The summed E-state index contributed by atoms with van der Waals surface area (Å²) < 4.78 is 0. The number of carbonyl (C=O) groups is 2. The molecule has 1 fully saturated rings. The second kappa shape index (κ2) is 6.70. The fourth-order valence-corrected chi connectivity index (χ4v) is 2.94. The first kappa shape index (κ1) is 17.8. The van der Waals surface area contributed by atoms with E-state index in [1.54, 1.807) is 30.3 Å². The van der Waals surface area contributed by atoms with Gasteiger partial charge in [-0.1, -0.05) is 35.3 Å². The minimum absolute atomic E-state index is 0.312. The first-order valence-corrected chi connectivity index (χ1v) is 8.73. The molecule has 130 valence electrons. The third-order valence-electron chi connectivity index (χ3n) is 4.56. The lowest BCUT2D eigenvalue weighted by Gasteiger charge is -2.17. The van der Waals surface area contributed by atoms with Gasteiger partial charge in [-0.25, -0.2) is 0 Å². The number of halogens is 2. The van der Waals surface area contributed by atoms with Gasteiger partial charge in [0.2, 0.25) is 11.8 Å². The van der Waals surface area contributed by atoms with Crippen molar-refractivity contribution >= 4 is 46.4 Å². The van der Waals surface area contributed by atoms with E-state index in [0.29, 0.717) is 34.3 Å². The quantitative estimate of drug-likeness (QED) is 0.740. The van der Waals surface area contributed by atoms with Crippen LogP contribution in [0.15, 0.2) is 36.4 Å². The Labute approximate surface area is 156 Å². The van der Waals surface area contributed by atoms with Crippen LogP contribution in [-0.2, 0) is 9.59 Å². The van der Waals surface area contributed by atoms with Gasteiger partial charge in [-0.2, -0.15) is 0 Å². The predicted octanol–water partition coefficient (Wildman–Crippen LogP) is 4.97. The van der Waals surface area contributed by atoms with E-state index in [4.69, 9.17) is 23.2 Å². The van der Waals surface area contributed by atoms with Gasteiger partial charge >= 0.3 is 0 Å². The van der Waals surface area contributed by atoms with Gasteiger partial charge in [0, 0.05) is 21.4 Å². The Kier molecular flexibility index (Phi) is 4.76. The van der Waals surface area contributed by atoms with E-state index in [-0.39, 0.29) is 11.8 Å². The van der Waals surface area contributed by atoms with Crippen LogP contribution in [0.2, 0.25) is 10.0 Å². The van der Waals surface area contributed by atoms with E-state index in [9.17, 15) is 9.59 Å². The maximum atomic E-state index is 12.7. The van der Waals surface area contributed by atoms with Crippen LogP contribution in [0.4, 0.5) is 11.4 Å². The van der Waals surface area contributed by atoms with E-state index in [2.05, 4.69) is 10.6 Å². The molecule has 2 N–H and O–H groups in total. The lowest BCUT2D eigenvalue weighted by Crippen LogP contribution is -2.35. The first-order valence-electron chi connectivity index (χ1n) is 7.98. The molecule has 2 amide bonds. The standard InChI is InChI=1S/C19H18Cl2N2O2/c1-11-6-7-13(10-15(11)21)22-17(24)19(8-9-19)18(25)23-16-5-3-4-14(20)12(16)2/h3-7,10H,8-9H2,1-2H3,(H,22,24)(H,23,25). The van der Waals surface area contributed by atoms with Crippen LogP contribution in [0.3, 0.4) is 0 Å². The molecule has 2 aromatic rings. The van der Waals surface area contributed by atoms with Crippen LogP contribution in [0.25, 0.3) is 0 Å². The van der Waals surface area contributed by atoms with Gasteiger partial charge in [0.05, 0.1) is 0 Å². The highest BCUT2D eigenvalue weighted by Gasteiger charge is 2.56. The number of carbonyl (C=O) groups excluding carboxylic acids is 2. The maximum Gasteiger partial charge on any atom is 0.240 e. The number of rotatable bonds is 4. The van der Waals surface area contributed by atoms with E-state index >= 15 is 0 Å². The predicted molar refractivity (Wildman–Crippen MR) is 101 cm³/mol. The SMILES string of the molecule is Cc1ccc(NC(=O)C2(C(=O)Nc3cccc(Cl)c3C)CC2)cc1Cl. The van der Waals surface area contributed by atoms with Crippen LogP contribution >= 0.6 is 23.2 Å². The van der Waals surface area contributed by atoms with Crippen LogP contribution in [0.5, 0.6) is 0 Å². The summed E-state index contributed by atoms with van der Waals surface area (Å²) in [4.78, 5) is 25.3. The second-order valence-electron chi connectivity index (χ2n) is 6.37. The Bertz CT molecular complexity index is 860. The van der Waals surface area contributed by atoms with Crippen LogP contribution in [-0.4, -0.2) is 11.8 Å². The van der Waals surface area contributed by atoms with Crippen molar-refractivity contribution in [3.8, 4) is 0 Å². The number of amides is 2. The average Bonchev–Trinajstić information content (AvgIpc) is 3.37. The Morgan fingerprint density at radius 2 is 1.64 bits per heavy atom. The highest BCUT2D eigenvalue weighted by molar-refractivity contribution is 6.32. The van der Waals surface area contributed by atoms with Gasteiger partial charge in [-0.15, -0.1) is 0 Å². The fraction of sp³-hybridized carbons (Fsp3) is 0.263. The molecule has 0 radical (unpaired) electrons. The number of hydrogen-bond acceptors (Lipinski definition) is 2. The molecule has 0 aliphatic heterocycles. The third-order valence-corrected chi connectivity index (χ3v) is 5.38. The Morgan fingerprint density at radius 1 is 0.960 bits per heavy atom. The van der Waals surface area contributed by atoms with Crippen molar-refractivity contribution in [2.24, 2.45) is 5.41 Å². The van der Waals surface area contributed by atoms with Gasteiger partial charge in [0.1, 0.15) is 5.41 Å². The maximum absolute atomic E-state index is 12.7. The largest absolute Gasteiger partial charge is 0.325 e. The summed E-state index contributed by atoms with van der Waals surface area (Å²) in [6, 6.07) is 10.6. The van der Waals surface area contributed by atoms with E-state index in [0.717, 1.165) is 11.1 Å². The molecule has 0 heterocycles. The normalized spacial score (nSPS) is 14.7. The molecule has 3 rings (SSSR count). The summed E-state index contributed by atoms with van der Waals surface area (Å²) in [6.45, 7) is 3.71. The van der Waals surface area contributed by atoms with Crippen molar-refractivity contribution in [3.05, 3.63) is 57.6 Å². The Morgan fingerprint density at radius 3 is 2.28 bits per heavy atom. The smallest absolute Gasteiger partial charge is 0.240 e. The second-order valence-corrected chi connectivity index (χ2v) is 7.18. The highest BCUT2D eigenvalue weighted by Crippen LogP contribution is 2.47. The summed E-state index contributed by atoms with van der Waals surface area (Å²) >= 11 is 12.2. The van der Waals surface area contributed by atoms with Crippen molar-refractivity contribution in [2.75, 3.05) is 10.6 Å². The lowest BCUT2D eigenvalue weighted by molar-refractivity contribution is -0.131. The molecule has 0 atom stereocenters. The Hall–Kier alpha value is -2.04. The van der Waals surface area contributed by atoms with Crippen LogP contribution in [0, 0.1) is 19.3 Å². The molecule has 25 heavy (non-hydrogen) atoms. The zero-order valence-electron chi connectivity index (χ0n) is 14.0. The number of hydrogen-bond donors (Lipinski definition) is 2. The summed E-state index contributed by atoms with van der Waals surface area (Å²) in [5, 5.41) is 6.77. The third kappa shape index (κ3) is 3.51. The van der Waals surface area contributed by atoms with Crippen molar-refractivity contribution < 1.29 is 9.59 Å². The van der Waals surface area contributed by atoms with Crippen molar-refractivity contribution in [1.29, 1.82) is 0 Å². The minimum atomic E-state index is -1.04. The average molecular weight is 377 g/mol. The molecule has 1 aliphatic rings. The molecule has 1 aliphatic carbocycles. The fourth-order valence-electron chi connectivity index (χ4n) is 2.59. The molecule has 0 aromatic heterocycles. The van der Waals surface area contributed by atoms with Gasteiger partial charge in [-0.3, -0.25) is 9.59 Å². The summed E-state index contributed by atoms with van der Waals surface area (Å²) in [5.74, 6) is -0.627. The van der Waals surface area contributed by atoms with Crippen molar-refractivity contribution in [3.63, 3.8) is 0 Å². The molecule has 0 bridgehead atoms. The van der Waals surface area contributed by atoms with Crippen molar-refractivity contribution in [1.82, 2.24) is 0 Å². The summed E-state index contributed by atoms with van der Waals surface area (Å²) in [7, 11) is 0. The monoisotopic (exact) mass is 376 g/mol. The lowest BCUT2D eigenvalue weighted by atomic mass is 10.0. The molecule has 1 saturated carbocycles. The topological polar surface area (TPSA) is 58.2 Å². The zero-order valence-corrected chi connectivity index (χ0v) is 15.5. The Balaban J connectivity index is 1.74. The highest BCUT2D eigenvalue weighted by atomic mass is 35.5. The molecule has 6 heteroatoms. The van der Waals surface area contributed by atoms with Crippen LogP contribution < -0.4 is 10.6 Å². The minimum Gasteiger partial charge on any atom is -0.325 e. The van der Waals surface area contributed by atoms with Gasteiger partial charge < -0.3 is 10.6 Å². The van der Waals surface area contributed by atoms with E-state index in [1.165, 1.54) is 0 Å². The summed E-state index contributed by atoms with van der Waals surface area (Å²) in [5.41, 5.74) is 1.87. The molecular weight excluding hydrogens is 359 g/mol. The number of benzene rings is 2. The number of aryl methyl sites for hydroxylation is 1. The molecule has 0 unspecified atom stereocenters. The summed E-state index contributed by atoms with van der Waals surface area (Å²) in [6.07, 6.45) is 1.04. The molecule has 4 nitrogen and oxygen atoms in total. The molecule has 2 aromatic carbocycles. The first-order chi connectivity index (χ1) is 11.8. The zero-order chi connectivity index (χ0) is 18.2. The van der Waals surface area contributed by atoms with Gasteiger partial charge in [-0.05, 0) is 62.1 Å². The van der Waals surface area contributed by atoms with Gasteiger partial charge in [0.15, 0.2) is 0 Å². The van der Waals surface area contributed by atoms with Gasteiger partial charge in [0.25, 0.3) is 0 Å².